The lowest BCUT2D eigenvalue weighted by Crippen LogP contribution is -2.48. The van der Waals surface area contributed by atoms with Gasteiger partial charge < -0.3 is 9.47 Å². The third-order valence-corrected chi connectivity index (χ3v) is 5.09. The van der Waals surface area contributed by atoms with Gasteiger partial charge in [-0.05, 0) is 39.3 Å². The van der Waals surface area contributed by atoms with Gasteiger partial charge in [-0.15, -0.1) is 0 Å². The highest BCUT2D eigenvalue weighted by molar-refractivity contribution is 6.68. The van der Waals surface area contributed by atoms with Gasteiger partial charge in [-0.3, -0.25) is 9.59 Å². The summed E-state index contributed by atoms with van der Waals surface area (Å²) in [7, 11) is 0. The van der Waals surface area contributed by atoms with Gasteiger partial charge in [0.1, 0.15) is 5.75 Å². The van der Waals surface area contributed by atoms with E-state index in [1.165, 1.54) is 20.8 Å². The van der Waals surface area contributed by atoms with Crippen molar-refractivity contribution >= 4 is 46.7 Å². The SMILES string of the molecule is Cc1ccc2c(c1)OC(=O)[C@]2(C)C(=O)OC(C)(C)C(Cl)(Cl)Cl. The lowest BCUT2D eigenvalue weighted by Gasteiger charge is -2.34. The zero-order valence-electron chi connectivity index (χ0n) is 12.5. The minimum Gasteiger partial charge on any atom is -0.454 e. The molecule has 22 heavy (non-hydrogen) atoms. The molecule has 0 unspecified atom stereocenters. The van der Waals surface area contributed by atoms with Crippen LogP contribution in [-0.4, -0.2) is 21.3 Å². The molecule has 0 fully saturated rings. The predicted octanol–water partition coefficient (Wildman–Crippen LogP) is 3.86. The number of carbonyl (C=O) groups excluding carboxylic acids is 2. The van der Waals surface area contributed by atoms with Crippen LogP contribution in [0.4, 0.5) is 0 Å². The maximum Gasteiger partial charge on any atom is 0.333 e. The fraction of sp³-hybridized carbons (Fsp3) is 0.467. The zero-order valence-corrected chi connectivity index (χ0v) is 14.8. The first-order chi connectivity index (χ1) is 9.89. The maximum absolute atomic E-state index is 12.6. The lowest BCUT2D eigenvalue weighted by molar-refractivity contribution is -0.167. The Hall–Kier alpha value is -0.970. The second-order valence-electron chi connectivity index (χ2n) is 5.91. The Morgan fingerprint density at radius 1 is 1.27 bits per heavy atom. The Balaban J connectivity index is 2.40. The molecule has 0 N–H and O–H groups in total. The molecule has 1 aromatic carbocycles. The molecule has 1 atom stereocenters. The van der Waals surface area contributed by atoms with E-state index in [-0.39, 0.29) is 0 Å². The highest BCUT2D eigenvalue weighted by Gasteiger charge is 2.56. The van der Waals surface area contributed by atoms with Crippen LogP contribution in [0.2, 0.25) is 0 Å². The molecule has 0 amide bonds. The summed E-state index contributed by atoms with van der Waals surface area (Å²) in [6.45, 7) is 6.20. The van der Waals surface area contributed by atoms with E-state index >= 15 is 0 Å². The second kappa shape index (κ2) is 5.29. The number of carbonyl (C=O) groups is 2. The molecule has 0 aromatic heterocycles. The molecular weight excluding hydrogens is 351 g/mol. The first kappa shape index (κ1) is 17.4. The van der Waals surface area contributed by atoms with Gasteiger partial charge in [0.2, 0.25) is 3.79 Å². The van der Waals surface area contributed by atoms with E-state index in [4.69, 9.17) is 44.3 Å². The second-order valence-corrected chi connectivity index (χ2v) is 8.19. The lowest BCUT2D eigenvalue weighted by atomic mass is 9.83. The number of ether oxygens (including phenoxy) is 2. The Morgan fingerprint density at radius 2 is 1.86 bits per heavy atom. The minimum atomic E-state index is -1.84. The molecule has 0 bridgehead atoms. The zero-order chi connectivity index (χ0) is 16.9. The summed E-state index contributed by atoms with van der Waals surface area (Å²) in [6, 6.07) is 5.14. The van der Waals surface area contributed by atoms with Gasteiger partial charge in [0, 0.05) is 5.56 Å². The molecule has 4 nitrogen and oxygen atoms in total. The van der Waals surface area contributed by atoms with Gasteiger partial charge in [0.05, 0.1) is 0 Å². The highest BCUT2D eigenvalue weighted by atomic mass is 35.6. The molecule has 1 heterocycles. The minimum absolute atomic E-state index is 0.344. The Labute approximate surface area is 143 Å². The fourth-order valence-electron chi connectivity index (χ4n) is 2.02. The highest BCUT2D eigenvalue weighted by Crippen LogP contribution is 2.45. The number of hydrogen-bond acceptors (Lipinski definition) is 4. The average molecular weight is 366 g/mol. The Morgan fingerprint density at radius 3 is 2.41 bits per heavy atom. The van der Waals surface area contributed by atoms with Crippen LogP contribution >= 0.6 is 34.8 Å². The molecule has 1 aliphatic rings. The predicted molar refractivity (Wildman–Crippen MR) is 84.6 cm³/mol. The van der Waals surface area contributed by atoms with E-state index in [1.54, 1.807) is 18.2 Å². The monoisotopic (exact) mass is 364 g/mol. The summed E-state index contributed by atoms with van der Waals surface area (Å²) in [6.07, 6.45) is 0. The summed E-state index contributed by atoms with van der Waals surface area (Å²) < 4.78 is 8.66. The van der Waals surface area contributed by atoms with Gasteiger partial charge >= 0.3 is 11.9 Å². The number of fused-ring (bicyclic) bond motifs is 1. The normalized spacial score (nSPS) is 21.3. The quantitative estimate of drug-likeness (QED) is 0.345. The number of benzene rings is 1. The van der Waals surface area contributed by atoms with E-state index in [0.29, 0.717) is 11.3 Å². The fourth-order valence-corrected chi connectivity index (χ4v) is 2.14. The summed E-state index contributed by atoms with van der Waals surface area (Å²) in [4.78, 5) is 24.8. The van der Waals surface area contributed by atoms with Crippen molar-refractivity contribution < 1.29 is 19.1 Å². The van der Waals surface area contributed by atoms with Crippen LogP contribution in [0.15, 0.2) is 18.2 Å². The summed E-state index contributed by atoms with van der Waals surface area (Å²) in [5, 5.41) is 0. The molecule has 2 rings (SSSR count). The average Bonchev–Trinajstić information content (AvgIpc) is 2.60. The smallest absolute Gasteiger partial charge is 0.333 e. The number of aryl methyl sites for hydroxylation is 1. The number of halogens is 3. The van der Waals surface area contributed by atoms with Crippen molar-refractivity contribution in [1.82, 2.24) is 0 Å². The summed E-state index contributed by atoms with van der Waals surface area (Å²) in [5.41, 5.74) is -1.65. The number of alkyl halides is 3. The van der Waals surface area contributed by atoms with E-state index in [0.717, 1.165) is 5.56 Å². The van der Waals surface area contributed by atoms with Gasteiger partial charge in [0.15, 0.2) is 11.0 Å². The maximum atomic E-state index is 12.6. The van der Waals surface area contributed by atoms with Crippen molar-refractivity contribution in [1.29, 1.82) is 0 Å². The third kappa shape index (κ3) is 2.68. The number of rotatable bonds is 2. The Kier molecular flexibility index (Phi) is 4.18. The van der Waals surface area contributed by atoms with E-state index in [2.05, 4.69) is 0 Å². The number of hydrogen-bond donors (Lipinski definition) is 0. The standard InChI is InChI=1S/C15H15Cl3O4/c1-8-5-6-9-10(7-8)21-11(19)14(9,4)12(20)22-13(2,3)15(16,17)18/h5-7H,1-4H3/t14-/m1/s1. The summed E-state index contributed by atoms with van der Waals surface area (Å²) >= 11 is 17.4. The van der Waals surface area contributed by atoms with Crippen molar-refractivity contribution in [3.05, 3.63) is 29.3 Å². The van der Waals surface area contributed by atoms with E-state index in [1.807, 2.05) is 6.92 Å². The van der Waals surface area contributed by atoms with Gasteiger partial charge in [-0.1, -0.05) is 46.9 Å². The topological polar surface area (TPSA) is 52.6 Å². The van der Waals surface area contributed by atoms with Gasteiger partial charge in [-0.2, -0.15) is 0 Å². The third-order valence-electron chi connectivity index (χ3n) is 3.73. The molecule has 0 radical (unpaired) electrons. The molecule has 7 heteroatoms. The molecule has 0 saturated heterocycles. The number of esters is 2. The molecule has 1 aliphatic heterocycles. The first-order valence-corrected chi connectivity index (χ1v) is 7.66. The first-order valence-electron chi connectivity index (χ1n) is 6.53. The van der Waals surface area contributed by atoms with Crippen molar-refractivity contribution in [2.75, 3.05) is 0 Å². The van der Waals surface area contributed by atoms with Crippen molar-refractivity contribution in [3.63, 3.8) is 0 Å². The molecule has 0 spiro atoms. The summed E-state index contributed by atoms with van der Waals surface area (Å²) in [5.74, 6) is -1.19. The van der Waals surface area contributed by atoms with Crippen LogP contribution in [0.25, 0.3) is 0 Å². The van der Waals surface area contributed by atoms with Crippen LogP contribution in [0, 0.1) is 6.92 Å². The van der Waals surface area contributed by atoms with Crippen LogP contribution in [0.1, 0.15) is 31.9 Å². The van der Waals surface area contributed by atoms with Crippen molar-refractivity contribution in [3.8, 4) is 5.75 Å². The Bertz CT molecular complexity index is 649. The van der Waals surface area contributed by atoms with Gasteiger partial charge in [-0.25, -0.2) is 0 Å². The van der Waals surface area contributed by atoms with Gasteiger partial charge in [0.25, 0.3) is 0 Å². The largest absolute Gasteiger partial charge is 0.454 e. The molecular formula is C15H15Cl3O4. The van der Waals surface area contributed by atoms with Crippen LogP contribution < -0.4 is 4.74 Å². The molecule has 0 saturated carbocycles. The van der Waals surface area contributed by atoms with Crippen LogP contribution in [0.3, 0.4) is 0 Å². The molecule has 120 valence electrons. The van der Waals surface area contributed by atoms with E-state index in [9.17, 15) is 9.59 Å². The van der Waals surface area contributed by atoms with Crippen LogP contribution in [0.5, 0.6) is 5.75 Å². The van der Waals surface area contributed by atoms with Crippen LogP contribution in [-0.2, 0) is 19.7 Å². The van der Waals surface area contributed by atoms with E-state index < -0.39 is 26.7 Å². The van der Waals surface area contributed by atoms with Crippen molar-refractivity contribution in [2.24, 2.45) is 0 Å². The molecule has 1 aromatic rings. The molecule has 0 aliphatic carbocycles. The van der Waals surface area contributed by atoms with Crippen molar-refractivity contribution in [2.45, 2.75) is 42.5 Å².